The fourth-order valence-corrected chi connectivity index (χ4v) is 0.397. The third-order valence-electron chi connectivity index (χ3n) is 1.21. The molecule has 0 aromatic carbocycles. The molecule has 0 fully saturated rings. The fraction of sp³-hybridized carbons (Fsp3) is 1.00. The molecular formula is C8H18O. The average molecular weight is 135 g/mol. The molecule has 0 aromatic rings. The highest BCUT2D eigenvalue weighted by molar-refractivity contribution is 4.50. The Bertz CT molecular complexity index is 158. The Labute approximate surface area is 65.4 Å². The maximum absolute atomic E-state index is 7.39. The highest BCUT2D eigenvalue weighted by Crippen LogP contribution is 2.03. The van der Waals surface area contributed by atoms with Crippen molar-refractivity contribution in [2.45, 2.75) is 52.6 Å². The van der Waals surface area contributed by atoms with E-state index in [2.05, 4.69) is 0 Å². The molecule has 0 rings (SSSR count). The van der Waals surface area contributed by atoms with E-state index in [9.17, 15) is 0 Å². The van der Waals surface area contributed by atoms with Crippen LogP contribution in [0.5, 0.6) is 0 Å². The van der Waals surface area contributed by atoms with Crippen LogP contribution < -0.4 is 0 Å². The topological polar surface area (TPSA) is 9.23 Å². The zero-order chi connectivity index (χ0) is 11.6. The van der Waals surface area contributed by atoms with Gasteiger partial charge in [-0.05, 0) is 26.6 Å². The second kappa shape index (κ2) is 4.80. The molecule has 0 spiro atoms. The predicted molar refractivity (Wildman–Crippen MR) is 40.6 cm³/mol. The summed E-state index contributed by atoms with van der Waals surface area (Å²) >= 11 is 0. The van der Waals surface area contributed by atoms with Crippen molar-refractivity contribution in [3.8, 4) is 0 Å². The highest BCUT2D eigenvalue weighted by atomic mass is 16.5. The van der Waals surface area contributed by atoms with Crippen LogP contribution in [0.15, 0.2) is 0 Å². The Morgan fingerprint density at radius 1 is 1.56 bits per heavy atom. The summed E-state index contributed by atoms with van der Waals surface area (Å²) in [5.41, 5.74) is 0. The van der Waals surface area contributed by atoms with Crippen LogP contribution in [0, 0.1) is 0 Å². The second-order valence-electron chi connectivity index (χ2n) is 2.02. The van der Waals surface area contributed by atoms with Gasteiger partial charge in [0.05, 0.1) is 12.2 Å². The molecule has 0 radical (unpaired) electrons. The van der Waals surface area contributed by atoms with Crippen molar-refractivity contribution in [1.82, 2.24) is 0 Å². The minimum atomic E-state index is -2.42. The molecule has 0 aliphatic rings. The first-order chi connectivity index (χ1) is 6.09. The Morgan fingerprint density at radius 2 is 2.22 bits per heavy atom. The first-order valence-electron chi connectivity index (χ1n) is 5.74. The molecule has 0 amide bonds. The van der Waals surface area contributed by atoms with Crippen molar-refractivity contribution in [2.24, 2.45) is 0 Å². The maximum Gasteiger partial charge on any atom is 0.0548 e. The lowest BCUT2D eigenvalue weighted by molar-refractivity contribution is 0.00511. The Kier molecular flexibility index (Phi) is 1.80. The molecule has 0 saturated carbocycles. The number of hydrogen-bond donors (Lipinski definition) is 0. The van der Waals surface area contributed by atoms with E-state index in [-0.39, 0.29) is 6.10 Å². The summed E-state index contributed by atoms with van der Waals surface area (Å²) in [6, 6.07) is 0. The molecule has 1 nitrogen and oxygen atoms in total. The molecule has 2 atom stereocenters. The zero-order valence-corrected chi connectivity index (χ0v) is 6.27. The van der Waals surface area contributed by atoms with E-state index >= 15 is 0 Å². The van der Waals surface area contributed by atoms with Gasteiger partial charge in [0.15, 0.2) is 0 Å². The van der Waals surface area contributed by atoms with Gasteiger partial charge >= 0.3 is 0 Å². The Balaban J connectivity index is 4.59. The minimum Gasteiger partial charge on any atom is -0.376 e. The summed E-state index contributed by atoms with van der Waals surface area (Å²) in [6.07, 6.45) is -2.78. The van der Waals surface area contributed by atoms with E-state index in [0.29, 0.717) is 6.42 Å². The van der Waals surface area contributed by atoms with Crippen LogP contribution in [0.1, 0.15) is 47.3 Å². The highest BCUT2D eigenvalue weighted by Gasteiger charge is 2.02. The summed E-state index contributed by atoms with van der Waals surface area (Å²) in [5, 5.41) is 0. The van der Waals surface area contributed by atoms with Gasteiger partial charge in [0.1, 0.15) is 0 Å². The largest absolute Gasteiger partial charge is 0.376 e. The van der Waals surface area contributed by atoms with E-state index in [0.717, 1.165) is 0 Å². The average Bonchev–Trinajstić information content (AvgIpc) is 1.95. The van der Waals surface area contributed by atoms with Crippen molar-refractivity contribution < 1.29 is 11.6 Å². The third kappa shape index (κ3) is 4.46. The molecule has 56 valence electrons. The Morgan fingerprint density at radius 3 is 2.56 bits per heavy atom. The Hall–Kier alpha value is -0.0400. The third-order valence-corrected chi connectivity index (χ3v) is 1.21. The van der Waals surface area contributed by atoms with E-state index in [4.69, 9.17) is 11.6 Å². The van der Waals surface area contributed by atoms with Crippen LogP contribution in [0.3, 0.4) is 0 Å². The first kappa shape index (κ1) is 3.38. The lowest BCUT2D eigenvalue weighted by Gasteiger charge is -2.15. The molecule has 0 saturated heterocycles. The molecular weight excluding hydrogens is 112 g/mol. The molecule has 0 heterocycles. The van der Waals surface area contributed by atoms with Crippen molar-refractivity contribution in [3.05, 3.63) is 0 Å². The van der Waals surface area contributed by atoms with Gasteiger partial charge in [-0.15, -0.1) is 0 Å². The molecule has 9 heavy (non-hydrogen) atoms. The van der Waals surface area contributed by atoms with Crippen LogP contribution in [0.25, 0.3) is 0 Å². The van der Waals surface area contributed by atoms with Gasteiger partial charge in [-0.2, -0.15) is 0 Å². The van der Waals surface area contributed by atoms with Crippen LogP contribution in [-0.2, 0) is 4.74 Å². The maximum atomic E-state index is 7.39. The van der Waals surface area contributed by atoms with Gasteiger partial charge in [-0.25, -0.2) is 0 Å². The van der Waals surface area contributed by atoms with Crippen LogP contribution >= 0.6 is 0 Å². The monoisotopic (exact) mass is 135 g/mol. The number of rotatable bonds is 4. The van der Waals surface area contributed by atoms with Gasteiger partial charge in [-0.1, -0.05) is 13.8 Å². The normalized spacial score (nSPS) is 28.6. The first-order valence-corrected chi connectivity index (χ1v) is 3.24. The summed E-state index contributed by atoms with van der Waals surface area (Å²) in [6.45, 7) is 2.42. The molecule has 0 N–H and O–H groups in total. The number of ether oxygens (including phenoxy) is 1. The van der Waals surface area contributed by atoms with E-state index in [1.807, 2.05) is 6.92 Å². The van der Waals surface area contributed by atoms with Gasteiger partial charge in [0.25, 0.3) is 0 Å². The van der Waals surface area contributed by atoms with Gasteiger partial charge < -0.3 is 4.74 Å². The minimum absolute atomic E-state index is 0.240. The fourth-order valence-electron chi connectivity index (χ4n) is 0.397. The van der Waals surface area contributed by atoms with Crippen molar-refractivity contribution >= 4 is 0 Å². The molecule has 0 aromatic heterocycles. The van der Waals surface area contributed by atoms with Crippen LogP contribution in [0.4, 0.5) is 0 Å². The van der Waals surface area contributed by atoms with Gasteiger partial charge in [0.2, 0.25) is 0 Å². The molecule has 1 heteroatoms. The lowest BCUT2D eigenvalue weighted by Crippen LogP contribution is -2.14. The van der Waals surface area contributed by atoms with E-state index in [1.54, 1.807) is 6.92 Å². The van der Waals surface area contributed by atoms with Crippen LogP contribution in [0.2, 0.25) is 0 Å². The van der Waals surface area contributed by atoms with Crippen LogP contribution in [-0.4, -0.2) is 12.2 Å². The summed E-state index contributed by atoms with van der Waals surface area (Å²) in [7, 11) is 0. The van der Waals surface area contributed by atoms with E-state index < -0.39 is 19.3 Å². The van der Waals surface area contributed by atoms with Gasteiger partial charge in [0, 0.05) is 6.85 Å². The standard InChI is InChI=1S/C8H18O/c1-5-7(3)9-8(4)6-2/h7-8H,5-6H2,1-4H3/t7-,8+/i3D3,5D2/m1/s1. The number of hydrogen-bond acceptors (Lipinski definition) is 1. The van der Waals surface area contributed by atoms with Gasteiger partial charge in [-0.3, -0.25) is 0 Å². The van der Waals surface area contributed by atoms with E-state index in [1.165, 1.54) is 6.92 Å². The van der Waals surface area contributed by atoms with Crippen molar-refractivity contribution in [1.29, 1.82) is 0 Å². The van der Waals surface area contributed by atoms with Crippen molar-refractivity contribution in [2.75, 3.05) is 0 Å². The SMILES string of the molecule is [2H]C([2H])([2H])[C@@H](O[C@@H](C)CC)C([2H])([2H])C. The summed E-state index contributed by atoms with van der Waals surface area (Å²) in [5.74, 6) is 0. The summed E-state index contributed by atoms with van der Waals surface area (Å²) < 4.78 is 41.5. The second-order valence-corrected chi connectivity index (χ2v) is 2.02. The zero-order valence-electron chi connectivity index (χ0n) is 11.3. The van der Waals surface area contributed by atoms with Crippen molar-refractivity contribution in [3.63, 3.8) is 0 Å². The summed E-state index contributed by atoms with van der Waals surface area (Å²) in [4.78, 5) is 0. The molecule has 0 bridgehead atoms. The quantitative estimate of drug-likeness (QED) is 0.575. The molecule has 0 unspecified atom stereocenters. The molecule has 0 aliphatic carbocycles. The predicted octanol–water partition coefficient (Wildman–Crippen LogP) is 2.60. The molecule has 0 aliphatic heterocycles. The lowest BCUT2D eigenvalue weighted by atomic mass is 10.3. The smallest absolute Gasteiger partial charge is 0.0548 e.